The Balaban J connectivity index is 0.000000936. The lowest BCUT2D eigenvalue weighted by atomic mass is 10.1. The first kappa shape index (κ1) is 139. The maximum atomic E-state index is 4.83. The number of aromatic amines is 1. The van der Waals surface area contributed by atoms with Crippen LogP contribution in [0, 0.1) is 0 Å². The summed E-state index contributed by atoms with van der Waals surface area (Å²) in [4.78, 5) is 3.67. The lowest BCUT2D eigenvalue weighted by molar-refractivity contribution is 1.18. The second-order valence-corrected chi connectivity index (χ2v) is 192. The Hall–Kier alpha value is 19.1. The molecule has 0 saturated carbocycles. The summed E-state index contributed by atoms with van der Waals surface area (Å²) in [6, 6.07) is 32.3. The molecular weight excluding hydrogens is 3620 g/mol. The number of nitrogens with one attached hydrogen (secondary N) is 1. The Morgan fingerprint density at radius 3 is 0.512 bits per heavy atom. The Morgan fingerprint density at radius 1 is 0.147 bits per heavy atom. The average molecular weight is 3640 g/mol. The van der Waals surface area contributed by atoms with Gasteiger partial charge in [-0.2, -0.15) is 0 Å². The van der Waals surface area contributed by atoms with Crippen LogP contribution < -0.4 is 0 Å². The van der Waals surface area contributed by atoms with E-state index in [4.69, 9.17) is 22.4 Å². The Labute approximate surface area is 1040 Å². The fourth-order valence-electron chi connectivity index (χ4n) is 5.34. The van der Waals surface area contributed by atoms with E-state index in [1.54, 1.807) is 107 Å². The van der Waals surface area contributed by atoms with E-state index in [1.165, 1.54) is 67.1 Å². The van der Waals surface area contributed by atoms with Gasteiger partial charge in [-0.1, -0.05) is 66.7 Å². The van der Waals surface area contributed by atoms with Crippen LogP contribution in [-0.4, -0.2) is 9.55 Å². The molecule has 105 heteroatoms. The van der Waals surface area contributed by atoms with Crippen molar-refractivity contribution in [2.45, 2.75) is 0 Å². The molecule has 0 amide bonds. The first-order valence-corrected chi connectivity index (χ1v) is 162. The highest BCUT2D eigenvalue weighted by Gasteiger charge is 2.16. The van der Waals surface area contributed by atoms with E-state index in [0.717, 1.165) is 0 Å². The number of benzene rings is 4. The van der Waals surface area contributed by atoms with E-state index in [0.29, 0.717) is 0 Å². The highest BCUT2D eigenvalue weighted by atomic mass is 33.6. The van der Waals surface area contributed by atoms with Gasteiger partial charge in [0.25, 0.3) is 0 Å². The highest BCUT2D eigenvalue weighted by Crippen LogP contribution is 2.38. The van der Waals surface area contributed by atoms with Crippen LogP contribution in [0.15, 0.2) is 91.0 Å². The molecule has 6 aromatic rings. The molecule has 6 rings (SSSR count). The van der Waals surface area contributed by atoms with Gasteiger partial charge in [-0.3, -0.25) is 0 Å². The SMILES string of the molecule is S=S=S=S=S=S=S=S=S=S=S=S=S=S=S=S=S=S=S=S=S=S=S=S=S=S=S=S=S=S=S=S=S=S=S=S=S=S=S=S=S=S=S=S=S=S=S=S=S=S=S=S=S=S=S=S=S=S=S=S=S=S=S=S=S=S=S=S=S=S=S=S=S=S=S=S=S=S=S=S=S=S=S=S=S=S=S=S=S=S=S=S=S=S=S=S=S=S=S=S=S=S=S.c1ccc(-n2c3ccccc3c3ccc4c5ccccc5[nH]c4c32)cc1. The van der Waals surface area contributed by atoms with Gasteiger partial charge in [-0.15, -0.1) is 0 Å². The van der Waals surface area contributed by atoms with Gasteiger partial charge >= 0.3 is 0 Å². The summed E-state index contributed by atoms with van der Waals surface area (Å²) in [5, 5.41) is 5.11. The van der Waals surface area contributed by atoms with E-state index in [2.05, 4.69) is 101 Å². The summed E-state index contributed by atoms with van der Waals surface area (Å²) >= 11 is 9.66. The van der Waals surface area contributed by atoms with Crippen LogP contribution in [0.5, 0.6) is 0 Å². The van der Waals surface area contributed by atoms with Gasteiger partial charge in [0, 0.05) is 952 Å². The second kappa shape index (κ2) is 114. The summed E-state index contributed by atoms with van der Waals surface area (Å²) in [5.41, 5.74) is 6.04. The van der Waals surface area contributed by atoms with Crippen molar-refractivity contribution in [3.63, 3.8) is 0 Å². The summed E-state index contributed by atoms with van der Waals surface area (Å²) in [7, 11) is 183. The molecule has 740 valence electrons. The predicted octanol–water partition coefficient (Wildman–Crippen LogP) is 6.17. The van der Waals surface area contributed by atoms with E-state index >= 15 is 0 Å². The van der Waals surface area contributed by atoms with Gasteiger partial charge < -0.3 is 9.55 Å². The Kier molecular flexibility index (Phi) is 122. The summed E-state index contributed by atoms with van der Waals surface area (Å²) in [6.07, 6.45) is 0. The standard InChI is InChI=1S/C24H16N2.S103/c1-2-8-16(9-3-1)26-22-13-7-5-11-18(22)20-15-14-19-17-10-4-6-12-21(17)25-23(19)24(20)26;1-3-5-7-9-11-13-15-17-19-21-23-25-27-29-31-33-35-37-39-41-43-45-47-49-51-53-55-57-59-61-63-65-67-69-71-73-75-77-79-81-83-85-87-89-91-93-95-97-99-101-103-102-100-98-96-94-92-90-88-86-84-82-80-78-76-74-72-70-68-66-64-62-60-58-56-54-52-50-48-46-44-42-40-38-36-34-32-30-28-26-24-22-20-18-16-14-12-10-8-6-4-2/h1-15,25H;. The molecule has 0 saturated heterocycles. The maximum absolute atomic E-state index is 4.83. The quantitative estimate of drug-likeness (QED) is 0.213. The smallest absolute Gasteiger partial charge is 0.0783 e. The summed E-state index contributed by atoms with van der Waals surface area (Å²) in [5.74, 6) is 0. The van der Waals surface area contributed by atoms with Gasteiger partial charge in [0.2, 0.25) is 0 Å². The number of hydrogen-bond donors (Lipinski definition) is 1. The fraction of sp³-hybridized carbons (Fsp3) is 0. The van der Waals surface area contributed by atoms with Gasteiger partial charge in [0.15, 0.2) is 0 Å². The predicted molar refractivity (Wildman–Crippen MR) is 869 cm³/mol. The third kappa shape index (κ3) is 85.7. The first-order chi connectivity index (χ1) is 64.3. The molecule has 2 heterocycles. The summed E-state index contributed by atoms with van der Waals surface area (Å²) < 4.78 is 2.38. The fourth-order valence-corrected chi connectivity index (χ4v) is 277. The average Bonchev–Trinajstić information content (AvgIpc) is 1.56. The van der Waals surface area contributed by atoms with Crippen molar-refractivity contribution < 1.29 is 0 Å². The largest absolute Gasteiger partial charge is 0.353 e. The number of fused-ring (bicyclic) bond motifs is 7. The van der Waals surface area contributed by atoms with Crippen molar-refractivity contribution in [3.8, 4) is 5.69 Å². The van der Waals surface area contributed by atoms with Crippen molar-refractivity contribution in [2.75, 3.05) is 0 Å². The lowest BCUT2D eigenvalue weighted by Crippen LogP contribution is -1.93. The number of nitrogens with zero attached hydrogens (tertiary/aromatic N) is 1. The van der Waals surface area contributed by atoms with E-state index in [-0.39, 0.29) is 0 Å². The zero-order valence-electron chi connectivity index (χ0n) is 56.2. The molecule has 0 atom stereocenters. The third-order valence-electron chi connectivity index (χ3n) is 8.11. The third-order valence-corrected chi connectivity index (χ3v) is 230. The number of aromatic nitrogens is 2. The molecule has 129 heavy (non-hydrogen) atoms. The Bertz CT molecular complexity index is 10100. The topological polar surface area (TPSA) is 20.7 Å². The molecule has 1 N–H and O–H groups in total. The van der Waals surface area contributed by atoms with Crippen LogP contribution in [0.2, 0.25) is 0 Å². The van der Waals surface area contributed by atoms with Crippen molar-refractivity contribution in [3.05, 3.63) is 91.0 Å². The second-order valence-electron chi connectivity index (χ2n) is 13.6. The Morgan fingerprint density at radius 2 is 0.310 bits per heavy atom. The molecule has 4 aromatic carbocycles. The normalized spacial score (nSPS) is 8.68. The van der Waals surface area contributed by atoms with Crippen LogP contribution in [0.3, 0.4) is 0 Å². The van der Waals surface area contributed by atoms with Crippen LogP contribution >= 0.6 is 0 Å². The lowest BCUT2D eigenvalue weighted by Gasteiger charge is -2.08. The van der Waals surface area contributed by atoms with Gasteiger partial charge in [0.05, 0.1) is 16.6 Å². The number of hydrogen-bond acceptors (Lipinski definition) is 2. The van der Waals surface area contributed by atoms with Crippen LogP contribution in [0.1, 0.15) is 0 Å². The molecule has 2 nitrogen and oxygen atoms in total. The number of rotatable bonds is 1. The molecule has 2 aromatic heterocycles. The van der Waals surface area contributed by atoms with E-state index in [1.807, 2.05) is 773 Å². The van der Waals surface area contributed by atoms with E-state index < -0.39 is 0 Å². The molecule has 0 unspecified atom stereocenters. The number of para-hydroxylation sites is 3. The molecule has 0 aliphatic carbocycles. The van der Waals surface area contributed by atoms with Crippen LogP contribution in [0.25, 0.3) is 49.3 Å². The molecule has 0 aliphatic heterocycles. The maximum Gasteiger partial charge on any atom is 0.0783 e. The monoisotopic (exact) mass is 3630 g/mol. The molecular formula is C24H16N2S103. The molecule has 0 aliphatic rings. The minimum Gasteiger partial charge on any atom is -0.353 e. The van der Waals surface area contributed by atoms with Crippen molar-refractivity contribution in [1.82, 2.24) is 9.55 Å². The van der Waals surface area contributed by atoms with Crippen LogP contribution in [0.4, 0.5) is 0 Å². The molecule has 0 radical (unpaired) electrons. The molecule has 0 spiro atoms. The number of H-pyrrole nitrogens is 1. The van der Waals surface area contributed by atoms with Gasteiger partial charge in [0.1, 0.15) is 0 Å². The van der Waals surface area contributed by atoms with Gasteiger partial charge in [-0.05, 0) is 24.3 Å². The van der Waals surface area contributed by atoms with Gasteiger partial charge in [-0.25, -0.2) is 0 Å². The van der Waals surface area contributed by atoms with Crippen molar-refractivity contribution in [2.24, 2.45) is 0 Å². The van der Waals surface area contributed by atoms with E-state index in [9.17, 15) is 0 Å². The molecule has 0 fully saturated rings. The van der Waals surface area contributed by atoms with Crippen LogP contribution in [-0.2, 0) is 919 Å². The minimum absolute atomic E-state index is 1.18. The highest BCUT2D eigenvalue weighted by molar-refractivity contribution is 8.88. The minimum atomic E-state index is 1.18. The summed E-state index contributed by atoms with van der Waals surface area (Å²) in [6.45, 7) is 0. The zero-order chi connectivity index (χ0) is 90.5. The first-order valence-electron chi connectivity index (χ1n) is 25.9. The van der Waals surface area contributed by atoms with Crippen molar-refractivity contribution in [1.29, 1.82) is 0 Å². The molecule has 0 bridgehead atoms. The zero-order valence-corrected chi connectivity index (χ0v) is 140. The van der Waals surface area contributed by atoms with Crippen molar-refractivity contribution >= 4 is 963 Å².